The minimum absolute atomic E-state index is 0.333. The zero-order valence-corrected chi connectivity index (χ0v) is 10.8. The lowest BCUT2D eigenvalue weighted by atomic mass is 10.1. The van der Waals surface area contributed by atoms with Crippen LogP contribution in [0.4, 0.5) is 5.69 Å². The Kier molecular flexibility index (Phi) is 2.88. The molecule has 96 valence electrons. The van der Waals surface area contributed by atoms with Crippen LogP contribution in [0.3, 0.4) is 0 Å². The second-order valence-electron chi connectivity index (χ2n) is 4.75. The lowest BCUT2D eigenvalue weighted by Crippen LogP contribution is -1.99. The lowest BCUT2D eigenvalue weighted by Gasteiger charge is -2.08. The van der Waals surface area contributed by atoms with Crippen LogP contribution in [0.15, 0.2) is 48.7 Å². The Labute approximate surface area is 111 Å². The van der Waals surface area contributed by atoms with E-state index in [9.17, 15) is 5.11 Å². The maximum Gasteiger partial charge on any atom is 0.118 e. The number of aromatic nitrogens is 1. The van der Waals surface area contributed by atoms with Gasteiger partial charge in [0.2, 0.25) is 0 Å². The van der Waals surface area contributed by atoms with E-state index in [1.165, 1.54) is 10.9 Å². The molecule has 0 aliphatic rings. The first-order valence-electron chi connectivity index (χ1n) is 6.32. The summed E-state index contributed by atoms with van der Waals surface area (Å²) in [5.41, 5.74) is 4.29. The van der Waals surface area contributed by atoms with Crippen molar-refractivity contribution in [1.29, 1.82) is 0 Å². The second kappa shape index (κ2) is 4.69. The molecule has 3 nitrogen and oxygen atoms in total. The minimum atomic E-state index is 0.333. The van der Waals surface area contributed by atoms with Crippen LogP contribution >= 0.6 is 0 Å². The van der Waals surface area contributed by atoms with Crippen molar-refractivity contribution in [2.24, 2.45) is 0 Å². The first-order chi connectivity index (χ1) is 9.22. The van der Waals surface area contributed by atoms with Crippen LogP contribution in [0.2, 0.25) is 0 Å². The van der Waals surface area contributed by atoms with Gasteiger partial charge in [-0.15, -0.1) is 0 Å². The quantitative estimate of drug-likeness (QED) is 0.621. The van der Waals surface area contributed by atoms with Crippen LogP contribution in [-0.2, 0) is 6.54 Å². The van der Waals surface area contributed by atoms with E-state index in [0.29, 0.717) is 5.75 Å². The Bertz CT molecular complexity index is 716. The highest BCUT2D eigenvalue weighted by Gasteiger charge is 2.00. The Balaban J connectivity index is 1.75. The largest absolute Gasteiger partial charge is 0.508 e. The van der Waals surface area contributed by atoms with Gasteiger partial charge < -0.3 is 15.4 Å². The SMILES string of the molecule is Cc1cc(NCc2ccc3[nH]ccc3c2)ccc1O. The number of nitrogens with one attached hydrogen (secondary N) is 2. The van der Waals surface area contributed by atoms with Crippen LogP contribution in [0, 0.1) is 6.92 Å². The number of H-pyrrole nitrogens is 1. The van der Waals surface area contributed by atoms with Crippen molar-refractivity contribution in [2.75, 3.05) is 5.32 Å². The highest BCUT2D eigenvalue weighted by molar-refractivity contribution is 5.80. The Morgan fingerprint density at radius 3 is 2.84 bits per heavy atom. The summed E-state index contributed by atoms with van der Waals surface area (Å²) in [5.74, 6) is 0.333. The van der Waals surface area contributed by atoms with Gasteiger partial charge in [-0.05, 0) is 59.8 Å². The molecule has 0 aliphatic carbocycles. The molecule has 0 saturated carbocycles. The molecule has 0 atom stereocenters. The zero-order valence-electron chi connectivity index (χ0n) is 10.8. The van der Waals surface area contributed by atoms with E-state index in [-0.39, 0.29) is 0 Å². The summed E-state index contributed by atoms with van der Waals surface area (Å²) in [4.78, 5) is 3.19. The third kappa shape index (κ3) is 2.40. The third-order valence-corrected chi connectivity index (χ3v) is 3.31. The van der Waals surface area contributed by atoms with Gasteiger partial charge in [-0.25, -0.2) is 0 Å². The second-order valence-corrected chi connectivity index (χ2v) is 4.75. The molecule has 0 radical (unpaired) electrons. The molecule has 0 amide bonds. The molecule has 0 aliphatic heterocycles. The van der Waals surface area contributed by atoms with Crippen molar-refractivity contribution in [3.05, 3.63) is 59.8 Å². The standard InChI is InChI=1S/C16H16N2O/c1-11-8-14(3-5-16(11)19)18-10-12-2-4-15-13(9-12)6-7-17-15/h2-9,17-19H,10H2,1H3. The Hall–Kier alpha value is -2.42. The monoisotopic (exact) mass is 252 g/mol. The fourth-order valence-electron chi connectivity index (χ4n) is 2.18. The van der Waals surface area contributed by atoms with E-state index in [2.05, 4.69) is 34.6 Å². The van der Waals surface area contributed by atoms with Gasteiger partial charge in [0.15, 0.2) is 0 Å². The number of aryl methyl sites for hydroxylation is 1. The molecule has 1 aromatic heterocycles. The zero-order chi connectivity index (χ0) is 13.2. The van der Waals surface area contributed by atoms with E-state index in [1.54, 1.807) is 6.07 Å². The number of fused-ring (bicyclic) bond motifs is 1. The topological polar surface area (TPSA) is 48.0 Å². The van der Waals surface area contributed by atoms with Gasteiger partial charge in [-0.2, -0.15) is 0 Å². The molecule has 1 heterocycles. The molecule has 0 spiro atoms. The number of anilines is 1. The summed E-state index contributed by atoms with van der Waals surface area (Å²) in [6, 6.07) is 14.0. The van der Waals surface area contributed by atoms with Crippen molar-refractivity contribution in [3.8, 4) is 5.75 Å². The maximum absolute atomic E-state index is 9.49. The average molecular weight is 252 g/mol. The average Bonchev–Trinajstić information content (AvgIpc) is 2.87. The summed E-state index contributed by atoms with van der Waals surface area (Å²) in [6.07, 6.45) is 1.95. The molecule has 3 aromatic rings. The van der Waals surface area contributed by atoms with Crippen LogP contribution in [0.1, 0.15) is 11.1 Å². The summed E-state index contributed by atoms with van der Waals surface area (Å²) >= 11 is 0. The van der Waals surface area contributed by atoms with Crippen LogP contribution in [0.5, 0.6) is 5.75 Å². The predicted octanol–water partition coefficient (Wildman–Crippen LogP) is 3.79. The van der Waals surface area contributed by atoms with Crippen LogP contribution in [-0.4, -0.2) is 10.1 Å². The van der Waals surface area contributed by atoms with Crippen LogP contribution < -0.4 is 5.32 Å². The molecule has 2 aromatic carbocycles. The molecule has 0 bridgehead atoms. The van der Waals surface area contributed by atoms with Crippen molar-refractivity contribution >= 4 is 16.6 Å². The van der Waals surface area contributed by atoms with Gasteiger partial charge in [-0.1, -0.05) is 6.07 Å². The minimum Gasteiger partial charge on any atom is -0.508 e. The van der Waals surface area contributed by atoms with Gasteiger partial charge in [0.1, 0.15) is 5.75 Å². The number of hydrogen-bond donors (Lipinski definition) is 3. The van der Waals surface area contributed by atoms with E-state index in [4.69, 9.17) is 0 Å². The smallest absolute Gasteiger partial charge is 0.118 e. The predicted molar refractivity (Wildman–Crippen MR) is 78.5 cm³/mol. The summed E-state index contributed by atoms with van der Waals surface area (Å²) in [7, 11) is 0. The van der Waals surface area contributed by atoms with E-state index >= 15 is 0 Å². The molecule has 3 heteroatoms. The van der Waals surface area contributed by atoms with Gasteiger partial charge in [-0.3, -0.25) is 0 Å². The molecule has 0 unspecified atom stereocenters. The molecule has 19 heavy (non-hydrogen) atoms. The number of rotatable bonds is 3. The maximum atomic E-state index is 9.49. The fraction of sp³-hybridized carbons (Fsp3) is 0.125. The van der Waals surface area contributed by atoms with Crippen molar-refractivity contribution < 1.29 is 5.11 Å². The number of benzene rings is 2. The number of phenols is 1. The van der Waals surface area contributed by atoms with Crippen molar-refractivity contribution in [3.63, 3.8) is 0 Å². The fourth-order valence-corrected chi connectivity index (χ4v) is 2.18. The van der Waals surface area contributed by atoms with E-state index < -0.39 is 0 Å². The van der Waals surface area contributed by atoms with E-state index in [0.717, 1.165) is 23.3 Å². The highest BCUT2D eigenvalue weighted by atomic mass is 16.3. The lowest BCUT2D eigenvalue weighted by molar-refractivity contribution is 0.471. The third-order valence-electron chi connectivity index (χ3n) is 3.31. The molecular formula is C16H16N2O. The first-order valence-corrected chi connectivity index (χ1v) is 6.32. The van der Waals surface area contributed by atoms with Gasteiger partial charge >= 0.3 is 0 Å². The van der Waals surface area contributed by atoms with Crippen LogP contribution in [0.25, 0.3) is 10.9 Å². The summed E-state index contributed by atoms with van der Waals surface area (Å²) < 4.78 is 0. The van der Waals surface area contributed by atoms with Crippen molar-refractivity contribution in [2.45, 2.75) is 13.5 Å². The molecule has 0 saturated heterocycles. The molecule has 0 fully saturated rings. The van der Waals surface area contributed by atoms with Gasteiger partial charge in [0.25, 0.3) is 0 Å². The highest BCUT2D eigenvalue weighted by Crippen LogP contribution is 2.21. The van der Waals surface area contributed by atoms with Gasteiger partial charge in [0.05, 0.1) is 0 Å². The number of phenolic OH excluding ortho intramolecular Hbond substituents is 1. The summed E-state index contributed by atoms with van der Waals surface area (Å²) in [5, 5.41) is 14.1. The Morgan fingerprint density at radius 1 is 1.11 bits per heavy atom. The normalized spacial score (nSPS) is 10.8. The molecular weight excluding hydrogens is 236 g/mol. The molecule has 3 rings (SSSR count). The van der Waals surface area contributed by atoms with Gasteiger partial charge in [0, 0.05) is 23.9 Å². The first kappa shape index (κ1) is 11.7. The van der Waals surface area contributed by atoms with E-state index in [1.807, 2.05) is 25.3 Å². The summed E-state index contributed by atoms with van der Waals surface area (Å²) in [6.45, 7) is 2.66. The Morgan fingerprint density at radius 2 is 2.00 bits per heavy atom. The number of aromatic amines is 1. The number of aromatic hydroxyl groups is 1. The molecule has 3 N–H and O–H groups in total. The number of hydrogen-bond acceptors (Lipinski definition) is 2. The van der Waals surface area contributed by atoms with Crippen molar-refractivity contribution in [1.82, 2.24) is 4.98 Å².